The van der Waals surface area contributed by atoms with Crippen molar-refractivity contribution in [1.29, 1.82) is 0 Å². The van der Waals surface area contributed by atoms with Crippen LogP contribution in [0.1, 0.15) is 36.6 Å². The van der Waals surface area contributed by atoms with Crippen molar-refractivity contribution in [3.63, 3.8) is 0 Å². The molecule has 0 aliphatic carbocycles. The highest BCUT2D eigenvalue weighted by Crippen LogP contribution is 2.39. The first-order valence-electron chi connectivity index (χ1n) is 8.65. The molecule has 2 N–H and O–H groups in total. The largest absolute Gasteiger partial charge is 0.493 e. The van der Waals surface area contributed by atoms with Crippen LogP contribution in [-0.2, 0) is 16.6 Å². The average Bonchev–Trinajstić information content (AvgIpc) is 2.64. The minimum atomic E-state index is -0.654. The molecule has 0 aromatic heterocycles. The van der Waals surface area contributed by atoms with Crippen LogP contribution >= 0.6 is 0 Å². The normalized spacial score (nSPS) is 19.7. The minimum absolute atomic E-state index is 0.0210. The van der Waals surface area contributed by atoms with Crippen molar-refractivity contribution in [3.8, 4) is 5.75 Å². The Labute approximate surface area is 148 Å². The number of benzene rings is 2. The van der Waals surface area contributed by atoms with E-state index >= 15 is 0 Å². The lowest BCUT2D eigenvalue weighted by Crippen LogP contribution is -2.38. The van der Waals surface area contributed by atoms with E-state index in [1.165, 1.54) is 5.56 Å². The summed E-state index contributed by atoms with van der Waals surface area (Å²) in [5, 5.41) is 13.5. The lowest BCUT2D eigenvalue weighted by molar-refractivity contribution is -0.125. The summed E-state index contributed by atoms with van der Waals surface area (Å²) in [6, 6.07) is 15.8. The summed E-state index contributed by atoms with van der Waals surface area (Å²) in [7, 11) is 1.64. The van der Waals surface area contributed by atoms with Gasteiger partial charge in [0.25, 0.3) is 0 Å². The lowest BCUT2D eigenvalue weighted by atomic mass is 9.81. The van der Waals surface area contributed by atoms with Crippen LogP contribution in [0.3, 0.4) is 0 Å². The van der Waals surface area contributed by atoms with Gasteiger partial charge in [0, 0.05) is 18.5 Å². The minimum Gasteiger partial charge on any atom is -0.493 e. The van der Waals surface area contributed by atoms with Crippen LogP contribution in [0.15, 0.2) is 48.5 Å². The van der Waals surface area contributed by atoms with Crippen molar-refractivity contribution < 1.29 is 14.6 Å². The van der Waals surface area contributed by atoms with Gasteiger partial charge in [-0.2, -0.15) is 0 Å². The number of nitrogens with one attached hydrogen (secondary N) is 1. The maximum absolute atomic E-state index is 12.1. The standard InChI is InChI=1S/C21H25NO3/c1-21(2,20(24)22-3)16-9-10-17-18(12-16)25-13-15(19(17)23)11-14-7-5-4-6-8-14/h4-10,12,15,19,23H,11,13H2,1-3H3,(H,22,24)/t15-,19+/m1/s1. The molecule has 0 saturated carbocycles. The van der Waals surface area contributed by atoms with Gasteiger partial charge in [0.15, 0.2) is 0 Å². The van der Waals surface area contributed by atoms with Gasteiger partial charge in [0.05, 0.1) is 18.1 Å². The lowest BCUT2D eigenvalue weighted by Gasteiger charge is -2.32. The van der Waals surface area contributed by atoms with E-state index in [0.717, 1.165) is 17.5 Å². The van der Waals surface area contributed by atoms with Gasteiger partial charge in [-0.25, -0.2) is 0 Å². The molecule has 0 bridgehead atoms. The smallest absolute Gasteiger partial charge is 0.229 e. The Morgan fingerprint density at radius 3 is 2.64 bits per heavy atom. The Morgan fingerprint density at radius 1 is 1.24 bits per heavy atom. The van der Waals surface area contributed by atoms with E-state index in [-0.39, 0.29) is 11.8 Å². The second kappa shape index (κ2) is 6.89. The molecule has 1 heterocycles. The first-order valence-corrected chi connectivity index (χ1v) is 8.65. The molecule has 2 aromatic carbocycles. The van der Waals surface area contributed by atoms with E-state index in [1.807, 2.05) is 50.2 Å². The number of fused-ring (bicyclic) bond motifs is 1. The van der Waals surface area contributed by atoms with E-state index in [0.29, 0.717) is 12.4 Å². The molecule has 1 aliphatic rings. The van der Waals surface area contributed by atoms with Crippen LogP contribution in [0.2, 0.25) is 0 Å². The Balaban J connectivity index is 1.83. The maximum atomic E-state index is 12.1. The maximum Gasteiger partial charge on any atom is 0.229 e. The first-order chi connectivity index (χ1) is 11.9. The van der Waals surface area contributed by atoms with E-state index < -0.39 is 11.5 Å². The molecular weight excluding hydrogens is 314 g/mol. The third-order valence-corrected chi connectivity index (χ3v) is 5.09. The molecule has 2 aromatic rings. The molecule has 4 heteroatoms. The van der Waals surface area contributed by atoms with Crippen molar-refractivity contribution in [3.05, 3.63) is 65.2 Å². The highest BCUT2D eigenvalue weighted by atomic mass is 16.5. The number of amides is 1. The molecule has 0 saturated heterocycles. The second-order valence-corrected chi connectivity index (χ2v) is 7.16. The van der Waals surface area contributed by atoms with Crippen molar-refractivity contribution in [1.82, 2.24) is 5.32 Å². The zero-order valence-corrected chi connectivity index (χ0v) is 15.0. The van der Waals surface area contributed by atoms with Gasteiger partial charge in [-0.15, -0.1) is 0 Å². The number of aliphatic hydroxyl groups excluding tert-OH is 1. The molecular formula is C21H25NO3. The van der Waals surface area contributed by atoms with Gasteiger partial charge in [0.1, 0.15) is 5.75 Å². The quantitative estimate of drug-likeness (QED) is 0.900. The number of ether oxygens (including phenoxy) is 1. The van der Waals surface area contributed by atoms with Crippen LogP contribution in [0.4, 0.5) is 0 Å². The van der Waals surface area contributed by atoms with Gasteiger partial charge in [-0.3, -0.25) is 4.79 Å². The summed E-state index contributed by atoms with van der Waals surface area (Å²) < 4.78 is 5.94. The Morgan fingerprint density at radius 2 is 1.96 bits per heavy atom. The molecule has 132 valence electrons. The number of rotatable bonds is 4. The van der Waals surface area contributed by atoms with Crippen LogP contribution in [0.5, 0.6) is 5.75 Å². The number of aliphatic hydroxyl groups is 1. The van der Waals surface area contributed by atoms with E-state index in [1.54, 1.807) is 7.05 Å². The predicted molar refractivity (Wildman–Crippen MR) is 97.6 cm³/mol. The van der Waals surface area contributed by atoms with Crippen molar-refractivity contribution in [2.24, 2.45) is 5.92 Å². The summed E-state index contributed by atoms with van der Waals surface area (Å²) in [6.45, 7) is 4.23. The van der Waals surface area contributed by atoms with E-state index in [9.17, 15) is 9.90 Å². The third kappa shape index (κ3) is 3.40. The molecule has 25 heavy (non-hydrogen) atoms. The summed E-state index contributed by atoms with van der Waals surface area (Å²) in [5.41, 5.74) is 2.21. The monoisotopic (exact) mass is 339 g/mol. The van der Waals surface area contributed by atoms with Gasteiger partial charge >= 0.3 is 0 Å². The molecule has 0 unspecified atom stereocenters. The zero-order valence-electron chi connectivity index (χ0n) is 15.0. The molecule has 4 nitrogen and oxygen atoms in total. The predicted octanol–water partition coefficient (Wildman–Crippen LogP) is 2.99. The highest BCUT2D eigenvalue weighted by Gasteiger charge is 2.33. The second-order valence-electron chi connectivity index (χ2n) is 7.16. The summed E-state index contributed by atoms with van der Waals surface area (Å²) >= 11 is 0. The Hall–Kier alpha value is -2.33. The summed E-state index contributed by atoms with van der Waals surface area (Å²) in [4.78, 5) is 12.1. The van der Waals surface area contributed by atoms with Gasteiger partial charge in [-0.05, 0) is 37.5 Å². The molecule has 2 atom stereocenters. The fourth-order valence-corrected chi connectivity index (χ4v) is 3.37. The molecule has 1 aliphatic heterocycles. The van der Waals surface area contributed by atoms with Crippen molar-refractivity contribution >= 4 is 5.91 Å². The summed E-state index contributed by atoms with van der Waals surface area (Å²) in [6.07, 6.45) is 0.202. The molecule has 1 amide bonds. The van der Waals surface area contributed by atoms with Gasteiger partial charge < -0.3 is 15.2 Å². The topological polar surface area (TPSA) is 58.6 Å². The van der Waals surface area contributed by atoms with Crippen LogP contribution in [0, 0.1) is 5.92 Å². The number of hydrogen-bond donors (Lipinski definition) is 2. The van der Waals surface area contributed by atoms with Crippen molar-refractivity contribution in [2.45, 2.75) is 31.8 Å². The van der Waals surface area contributed by atoms with Crippen LogP contribution < -0.4 is 10.1 Å². The van der Waals surface area contributed by atoms with Gasteiger partial charge in [0.2, 0.25) is 5.91 Å². The number of likely N-dealkylation sites (N-methyl/N-ethyl adjacent to an activating group) is 1. The third-order valence-electron chi connectivity index (χ3n) is 5.09. The SMILES string of the molecule is CNC(=O)C(C)(C)c1ccc2c(c1)OC[C@@H](Cc1ccccc1)[C@@H]2O. The number of carbonyl (C=O) groups is 1. The van der Waals surface area contributed by atoms with Crippen LogP contribution in [0.25, 0.3) is 0 Å². The average molecular weight is 339 g/mol. The fraction of sp³-hybridized carbons (Fsp3) is 0.381. The molecule has 0 radical (unpaired) electrons. The van der Waals surface area contributed by atoms with E-state index in [2.05, 4.69) is 17.4 Å². The Kier molecular flexibility index (Phi) is 4.82. The van der Waals surface area contributed by atoms with E-state index in [4.69, 9.17) is 4.74 Å². The van der Waals surface area contributed by atoms with Crippen LogP contribution in [-0.4, -0.2) is 24.7 Å². The molecule has 0 spiro atoms. The fourth-order valence-electron chi connectivity index (χ4n) is 3.37. The molecule has 0 fully saturated rings. The number of carbonyl (C=O) groups excluding carboxylic acids is 1. The Bertz CT molecular complexity index is 755. The first kappa shape index (κ1) is 17.5. The highest BCUT2D eigenvalue weighted by molar-refractivity contribution is 5.87. The summed E-state index contributed by atoms with van der Waals surface area (Å²) in [5.74, 6) is 0.643. The molecule has 3 rings (SSSR count). The van der Waals surface area contributed by atoms with Crippen molar-refractivity contribution in [2.75, 3.05) is 13.7 Å². The van der Waals surface area contributed by atoms with Gasteiger partial charge in [-0.1, -0.05) is 42.5 Å². The number of hydrogen-bond acceptors (Lipinski definition) is 3. The zero-order chi connectivity index (χ0) is 18.0.